The van der Waals surface area contributed by atoms with Crippen molar-refractivity contribution in [3.05, 3.63) is 34.9 Å². The van der Waals surface area contributed by atoms with Gasteiger partial charge < -0.3 is 10.2 Å². The summed E-state index contributed by atoms with van der Waals surface area (Å²) in [5, 5.41) is 4.27. The van der Waals surface area contributed by atoms with Crippen molar-refractivity contribution in [2.24, 2.45) is 5.41 Å². The molecule has 3 heteroatoms. The van der Waals surface area contributed by atoms with E-state index in [2.05, 4.69) is 30.3 Å². The highest BCUT2D eigenvalue weighted by molar-refractivity contribution is 6.30. The molecule has 1 aliphatic heterocycles. The van der Waals surface area contributed by atoms with Crippen LogP contribution in [0.15, 0.2) is 24.3 Å². The molecule has 1 fully saturated rings. The molecule has 0 spiro atoms. The van der Waals surface area contributed by atoms with Gasteiger partial charge >= 0.3 is 0 Å². The van der Waals surface area contributed by atoms with Gasteiger partial charge in [0.15, 0.2) is 0 Å². The second-order valence-electron chi connectivity index (χ2n) is 5.54. The Hall–Kier alpha value is -0.570. The van der Waals surface area contributed by atoms with Gasteiger partial charge in [0, 0.05) is 24.7 Å². The minimum Gasteiger partial charge on any atom is -0.316 e. The van der Waals surface area contributed by atoms with E-state index in [1.165, 1.54) is 12.0 Å². The van der Waals surface area contributed by atoms with Crippen LogP contribution in [-0.2, 0) is 6.54 Å². The predicted molar refractivity (Wildman–Crippen MR) is 73.4 cm³/mol. The summed E-state index contributed by atoms with van der Waals surface area (Å²) < 4.78 is 0. The van der Waals surface area contributed by atoms with Gasteiger partial charge in [0.05, 0.1) is 0 Å². The van der Waals surface area contributed by atoms with E-state index in [-0.39, 0.29) is 0 Å². The third kappa shape index (κ3) is 3.70. The highest BCUT2D eigenvalue weighted by Crippen LogP contribution is 2.25. The molecule has 0 radical (unpaired) electrons. The summed E-state index contributed by atoms with van der Waals surface area (Å²) in [5.74, 6) is 0. The third-order valence-corrected chi connectivity index (χ3v) is 3.69. The maximum atomic E-state index is 6.00. The van der Waals surface area contributed by atoms with Gasteiger partial charge in [-0.3, -0.25) is 0 Å². The van der Waals surface area contributed by atoms with E-state index in [1.807, 2.05) is 18.2 Å². The minimum atomic E-state index is 0.424. The summed E-state index contributed by atoms with van der Waals surface area (Å²) in [6.07, 6.45) is 1.27. The lowest BCUT2D eigenvalue weighted by Crippen LogP contribution is -2.34. The lowest BCUT2D eigenvalue weighted by atomic mass is 9.89. The molecule has 94 valence electrons. The van der Waals surface area contributed by atoms with Crippen molar-refractivity contribution in [3.8, 4) is 0 Å². The standard InChI is InChI=1S/C14H21ClN2/c1-14(6-7-16-10-14)11-17(2)9-12-4-3-5-13(15)8-12/h3-5,8,16H,6-7,9-11H2,1-2H3. The van der Waals surface area contributed by atoms with Gasteiger partial charge in [0.1, 0.15) is 0 Å². The van der Waals surface area contributed by atoms with Crippen molar-refractivity contribution in [1.29, 1.82) is 0 Å². The lowest BCUT2D eigenvalue weighted by Gasteiger charge is -2.29. The monoisotopic (exact) mass is 252 g/mol. The number of nitrogens with one attached hydrogen (secondary N) is 1. The van der Waals surface area contributed by atoms with Crippen molar-refractivity contribution in [2.45, 2.75) is 19.9 Å². The average Bonchev–Trinajstić information content (AvgIpc) is 2.64. The Kier molecular flexibility index (Phi) is 4.08. The van der Waals surface area contributed by atoms with Crippen LogP contribution >= 0.6 is 11.6 Å². The Bertz CT molecular complexity index is 372. The number of hydrogen-bond donors (Lipinski definition) is 1. The summed E-state index contributed by atoms with van der Waals surface area (Å²) >= 11 is 6.00. The van der Waals surface area contributed by atoms with Crippen LogP contribution in [-0.4, -0.2) is 31.6 Å². The lowest BCUT2D eigenvalue weighted by molar-refractivity contribution is 0.203. The fraction of sp³-hybridized carbons (Fsp3) is 0.571. The van der Waals surface area contributed by atoms with Gasteiger partial charge in [0.25, 0.3) is 0 Å². The normalized spacial score (nSPS) is 24.5. The molecule has 0 aromatic heterocycles. The van der Waals surface area contributed by atoms with Crippen molar-refractivity contribution in [2.75, 3.05) is 26.7 Å². The van der Waals surface area contributed by atoms with E-state index in [9.17, 15) is 0 Å². The number of nitrogens with zero attached hydrogens (tertiary/aromatic N) is 1. The van der Waals surface area contributed by atoms with E-state index in [0.29, 0.717) is 5.41 Å². The SMILES string of the molecule is CN(Cc1cccc(Cl)c1)CC1(C)CCNC1. The predicted octanol–water partition coefficient (Wildman–Crippen LogP) is 2.77. The Morgan fingerprint density at radius 2 is 2.29 bits per heavy atom. The first-order chi connectivity index (χ1) is 8.07. The van der Waals surface area contributed by atoms with Gasteiger partial charge in [-0.2, -0.15) is 0 Å². The van der Waals surface area contributed by atoms with Gasteiger partial charge in [-0.15, -0.1) is 0 Å². The highest BCUT2D eigenvalue weighted by atomic mass is 35.5. The number of hydrogen-bond acceptors (Lipinski definition) is 2. The van der Waals surface area contributed by atoms with Crippen LogP contribution in [0.2, 0.25) is 5.02 Å². The van der Waals surface area contributed by atoms with Crippen LogP contribution in [0.25, 0.3) is 0 Å². The molecule has 17 heavy (non-hydrogen) atoms. The van der Waals surface area contributed by atoms with Gasteiger partial charge in [-0.05, 0) is 43.1 Å². The first-order valence-electron chi connectivity index (χ1n) is 6.21. The molecule has 1 atom stereocenters. The zero-order valence-corrected chi connectivity index (χ0v) is 11.4. The number of benzene rings is 1. The second-order valence-corrected chi connectivity index (χ2v) is 5.98. The van der Waals surface area contributed by atoms with Crippen LogP contribution in [0.1, 0.15) is 18.9 Å². The minimum absolute atomic E-state index is 0.424. The molecule has 2 nitrogen and oxygen atoms in total. The van der Waals surface area contributed by atoms with E-state index >= 15 is 0 Å². The third-order valence-electron chi connectivity index (χ3n) is 3.45. The molecule has 0 amide bonds. The molecule has 2 rings (SSSR count). The van der Waals surface area contributed by atoms with Gasteiger partial charge in [0.2, 0.25) is 0 Å². The Morgan fingerprint density at radius 1 is 1.47 bits per heavy atom. The molecule has 0 saturated carbocycles. The molecule has 1 unspecified atom stereocenters. The second kappa shape index (κ2) is 5.38. The van der Waals surface area contributed by atoms with Crippen LogP contribution in [0.3, 0.4) is 0 Å². The summed E-state index contributed by atoms with van der Waals surface area (Å²) in [7, 11) is 2.18. The van der Waals surface area contributed by atoms with Crippen LogP contribution in [0, 0.1) is 5.41 Å². The molecular formula is C14H21ClN2. The van der Waals surface area contributed by atoms with Crippen molar-refractivity contribution < 1.29 is 0 Å². The van der Waals surface area contributed by atoms with E-state index in [4.69, 9.17) is 11.6 Å². The van der Waals surface area contributed by atoms with Crippen LogP contribution in [0.4, 0.5) is 0 Å². The molecular weight excluding hydrogens is 232 g/mol. The van der Waals surface area contributed by atoms with E-state index < -0.39 is 0 Å². The molecule has 1 saturated heterocycles. The van der Waals surface area contributed by atoms with Crippen molar-refractivity contribution >= 4 is 11.6 Å². The zero-order valence-electron chi connectivity index (χ0n) is 10.7. The first kappa shape index (κ1) is 12.9. The van der Waals surface area contributed by atoms with E-state index in [1.54, 1.807) is 0 Å². The van der Waals surface area contributed by atoms with Crippen molar-refractivity contribution in [1.82, 2.24) is 10.2 Å². The summed E-state index contributed by atoms with van der Waals surface area (Å²) in [6, 6.07) is 8.13. The Labute approximate surface area is 109 Å². The smallest absolute Gasteiger partial charge is 0.0409 e. The summed E-state index contributed by atoms with van der Waals surface area (Å²) in [6.45, 7) is 6.75. The molecule has 1 aliphatic rings. The van der Waals surface area contributed by atoms with Gasteiger partial charge in [-0.25, -0.2) is 0 Å². The fourth-order valence-electron chi connectivity index (χ4n) is 2.66. The number of halogens is 1. The maximum absolute atomic E-state index is 6.00. The van der Waals surface area contributed by atoms with Crippen molar-refractivity contribution in [3.63, 3.8) is 0 Å². The quantitative estimate of drug-likeness (QED) is 0.887. The zero-order chi connectivity index (χ0) is 12.3. The largest absolute Gasteiger partial charge is 0.316 e. The van der Waals surface area contributed by atoms with Crippen LogP contribution in [0.5, 0.6) is 0 Å². The maximum Gasteiger partial charge on any atom is 0.0409 e. The van der Waals surface area contributed by atoms with Crippen LogP contribution < -0.4 is 5.32 Å². The molecule has 0 bridgehead atoms. The molecule has 1 aromatic rings. The molecule has 1 aromatic carbocycles. The van der Waals surface area contributed by atoms with Gasteiger partial charge in [-0.1, -0.05) is 30.7 Å². The Balaban J connectivity index is 1.90. The fourth-order valence-corrected chi connectivity index (χ4v) is 2.87. The summed E-state index contributed by atoms with van der Waals surface area (Å²) in [4.78, 5) is 2.39. The number of rotatable bonds is 4. The average molecular weight is 253 g/mol. The summed E-state index contributed by atoms with van der Waals surface area (Å²) in [5.41, 5.74) is 1.71. The molecule has 0 aliphatic carbocycles. The highest BCUT2D eigenvalue weighted by Gasteiger charge is 2.29. The van der Waals surface area contributed by atoms with E-state index in [0.717, 1.165) is 31.2 Å². The molecule has 1 heterocycles. The topological polar surface area (TPSA) is 15.3 Å². The molecule has 1 N–H and O–H groups in total. The first-order valence-corrected chi connectivity index (χ1v) is 6.59. The Morgan fingerprint density at radius 3 is 2.94 bits per heavy atom.